The zero-order chi connectivity index (χ0) is 21.8. The monoisotopic (exact) mass is 445 g/mol. The van der Waals surface area contributed by atoms with E-state index in [2.05, 4.69) is 22.0 Å². The number of rotatable bonds is 5. The number of aromatic nitrogens is 1. The molecule has 4 rings (SSSR count). The summed E-state index contributed by atoms with van der Waals surface area (Å²) in [6.45, 7) is 0.682. The number of carbonyl (C=O) groups excluding carboxylic acids is 1. The lowest BCUT2D eigenvalue weighted by molar-refractivity contribution is -0.112. The number of nitriles is 1. The van der Waals surface area contributed by atoms with E-state index >= 15 is 0 Å². The molecule has 0 unspecified atom stereocenters. The van der Waals surface area contributed by atoms with Crippen molar-refractivity contribution in [2.24, 2.45) is 0 Å². The minimum absolute atomic E-state index is 0.0290. The van der Waals surface area contributed by atoms with Crippen LogP contribution in [0.3, 0.4) is 0 Å². The summed E-state index contributed by atoms with van der Waals surface area (Å²) in [7, 11) is 0. The van der Waals surface area contributed by atoms with Gasteiger partial charge in [-0.15, -0.1) is 0 Å². The van der Waals surface area contributed by atoms with Gasteiger partial charge < -0.3 is 9.88 Å². The number of nitrogens with one attached hydrogen (secondary N) is 1. The zero-order valence-electron chi connectivity index (χ0n) is 16.3. The molecule has 0 bridgehead atoms. The first-order valence-electron chi connectivity index (χ1n) is 9.55. The van der Waals surface area contributed by atoms with Crippen LogP contribution in [0.2, 0.25) is 10.0 Å². The van der Waals surface area contributed by atoms with E-state index in [-0.39, 0.29) is 5.57 Å². The van der Waals surface area contributed by atoms with Gasteiger partial charge in [-0.05, 0) is 35.9 Å². The van der Waals surface area contributed by atoms with Gasteiger partial charge in [0.05, 0.1) is 10.7 Å². The number of carbonyl (C=O) groups is 1. The Morgan fingerprint density at radius 3 is 2.55 bits per heavy atom. The van der Waals surface area contributed by atoms with Gasteiger partial charge in [0, 0.05) is 34.2 Å². The molecular formula is C25H17Cl2N3O. The lowest BCUT2D eigenvalue weighted by Crippen LogP contribution is -2.13. The first kappa shape index (κ1) is 20.7. The lowest BCUT2D eigenvalue weighted by atomic mass is 10.1. The highest BCUT2D eigenvalue weighted by atomic mass is 35.5. The van der Waals surface area contributed by atoms with Crippen LogP contribution in [-0.2, 0) is 11.3 Å². The maximum absolute atomic E-state index is 12.7. The highest BCUT2D eigenvalue weighted by Gasteiger charge is 2.14. The molecule has 0 saturated carbocycles. The number of hydrogen-bond acceptors (Lipinski definition) is 2. The summed E-state index contributed by atoms with van der Waals surface area (Å²) >= 11 is 12.1. The van der Waals surface area contributed by atoms with Gasteiger partial charge >= 0.3 is 0 Å². The van der Waals surface area contributed by atoms with Crippen LogP contribution in [0, 0.1) is 11.3 Å². The van der Waals surface area contributed by atoms with Crippen molar-refractivity contribution in [3.8, 4) is 6.07 Å². The maximum atomic E-state index is 12.7. The number of nitrogens with zero attached hydrogens (tertiary/aromatic N) is 2. The maximum Gasteiger partial charge on any atom is 0.266 e. The van der Waals surface area contributed by atoms with Crippen LogP contribution in [0.5, 0.6) is 0 Å². The minimum Gasteiger partial charge on any atom is -0.342 e. The number of hydrogen-bond donors (Lipinski definition) is 1. The van der Waals surface area contributed by atoms with Crippen LogP contribution in [0.15, 0.2) is 84.6 Å². The quantitative estimate of drug-likeness (QED) is 0.280. The number of fused-ring (bicyclic) bond motifs is 1. The molecule has 6 heteroatoms. The molecule has 1 heterocycles. The molecule has 0 spiro atoms. The minimum atomic E-state index is -0.549. The number of anilines is 1. The number of para-hydroxylation sites is 1. The highest BCUT2D eigenvalue weighted by molar-refractivity contribution is 6.36. The molecular weight excluding hydrogens is 429 g/mol. The Kier molecular flexibility index (Phi) is 6.08. The fourth-order valence-electron chi connectivity index (χ4n) is 3.39. The van der Waals surface area contributed by atoms with Crippen molar-refractivity contribution in [2.45, 2.75) is 6.54 Å². The summed E-state index contributed by atoms with van der Waals surface area (Å²) in [5.74, 6) is -0.549. The third kappa shape index (κ3) is 4.64. The van der Waals surface area contributed by atoms with Crippen molar-refractivity contribution in [1.29, 1.82) is 5.26 Å². The fourth-order valence-corrected chi connectivity index (χ4v) is 3.73. The van der Waals surface area contributed by atoms with Gasteiger partial charge in [0.2, 0.25) is 0 Å². The van der Waals surface area contributed by atoms with Crippen LogP contribution in [0.1, 0.15) is 11.1 Å². The number of halogens is 2. The van der Waals surface area contributed by atoms with Crippen molar-refractivity contribution in [3.05, 3.63) is 106 Å². The normalized spacial score (nSPS) is 11.3. The van der Waals surface area contributed by atoms with Crippen LogP contribution in [-0.4, -0.2) is 10.5 Å². The largest absolute Gasteiger partial charge is 0.342 e. The van der Waals surface area contributed by atoms with Crippen molar-refractivity contribution in [1.82, 2.24) is 4.57 Å². The van der Waals surface area contributed by atoms with E-state index in [1.165, 1.54) is 0 Å². The van der Waals surface area contributed by atoms with Gasteiger partial charge in [0.15, 0.2) is 0 Å². The van der Waals surface area contributed by atoms with E-state index < -0.39 is 5.91 Å². The van der Waals surface area contributed by atoms with E-state index in [9.17, 15) is 10.1 Å². The molecule has 0 atom stereocenters. The molecule has 0 saturated heterocycles. The molecule has 4 aromatic rings. The molecule has 31 heavy (non-hydrogen) atoms. The second-order valence-electron chi connectivity index (χ2n) is 6.96. The standard InChI is InChI=1S/C25H17Cl2N3O/c26-20-10-11-22(27)23(13-20)29-25(31)18(14-28)12-19-16-30(15-17-6-2-1-3-7-17)24-9-5-4-8-21(19)24/h1-13,16H,15H2,(H,29,31). The fraction of sp³-hybridized carbons (Fsp3) is 0.0400. The Hall–Kier alpha value is -3.52. The molecule has 1 aromatic heterocycles. The first-order chi connectivity index (χ1) is 15.0. The van der Waals surface area contributed by atoms with Crippen LogP contribution >= 0.6 is 23.2 Å². The Bertz CT molecular complexity index is 1330. The smallest absolute Gasteiger partial charge is 0.266 e. The van der Waals surface area contributed by atoms with Crippen molar-refractivity contribution >= 4 is 51.8 Å². The molecule has 1 amide bonds. The molecule has 0 aliphatic carbocycles. The van der Waals surface area contributed by atoms with Crippen molar-refractivity contribution in [2.75, 3.05) is 5.32 Å². The third-order valence-corrected chi connectivity index (χ3v) is 5.42. The first-order valence-corrected chi connectivity index (χ1v) is 10.3. The number of amides is 1. The van der Waals surface area contributed by atoms with E-state index in [0.717, 1.165) is 22.0 Å². The molecule has 4 nitrogen and oxygen atoms in total. The van der Waals surface area contributed by atoms with E-state index in [1.807, 2.05) is 54.7 Å². The SMILES string of the molecule is N#CC(=Cc1cn(Cc2ccccc2)c2ccccc12)C(=O)Nc1cc(Cl)ccc1Cl. The highest BCUT2D eigenvalue weighted by Crippen LogP contribution is 2.27. The summed E-state index contributed by atoms with van der Waals surface area (Å²) in [4.78, 5) is 12.7. The average molecular weight is 446 g/mol. The van der Waals surface area contributed by atoms with Gasteiger partial charge in [-0.25, -0.2) is 0 Å². The van der Waals surface area contributed by atoms with Gasteiger partial charge in [-0.1, -0.05) is 71.7 Å². The Morgan fingerprint density at radius 1 is 1.03 bits per heavy atom. The predicted molar refractivity (Wildman–Crippen MR) is 126 cm³/mol. The van der Waals surface area contributed by atoms with Crippen LogP contribution < -0.4 is 5.32 Å². The third-order valence-electron chi connectivity index (χ3n) is 4.86. The molecule has 0 aliphatic heterocycles. The van der Waals surface area contributed by atoms with Crippen LogP contribution in [0.25, 0.3) is 17.0 Å². The van der Waals surface area contributed by atoms with Crippen molar-refractivity contribution < 1.29 is 4.79 Å². The van der Waals surface area contributed by atoms with Crippen molar-refractivity contribution in [3.63, 3.8) is 0 Å². The second-order valence-corrected chi connectivity index (χ2v) is 7.81. The molecule has 0 radical (unpaired) electrons. The van der Waals surface area contributed by atoms with Crippen LogP contribution in [0.4, 0.5) is 5.69 Å². The predicted octanol–water partition coefficient (Wildman–Crippen LogP) is 6.54. The van der Waals surface area contributed by atoms with E-state index in [1.54, 1.807) is 24.3 Å². The second kappa shape index (κ2) is 9.09. The molecule has 0 fully saturated rings. The summed E-state index contributed by atoms with van der Waals surface area (Å²) in [6, 6.07) is 24.8. The summed E-state index contributed by atoms with van der Waals surface area (Å²) in [5, 5.41) is 14.0. The van der Waals surface area contributed by atoms with E-state index in [0.29, 0.717) is 22.3 Å². The molecule has 1 N–H and O–H groups in total. The Morgan fingerprint density at radius 2 is 1.77 bits per heavy atom. The summed E-state index contributed by atoms with van der Waals surface area (Å²) in [5.41, 5.74) is 3.29. The van der Waals surface area contributed by atoms with E-state index in [4.69, 9.17) is 23.2 Å². The Labute approximate surface area is 189 Å². The topological polar surface area (TPSA) is 57.8 Å². The van der Waals surface area contributed by atoms with Gasteiger partial charge in [-0.2, -0.15) is 5.26 Å². The zero-order valence-corrected chi connectivity index (χ0v) is 17.9. The lowest BCUT2D eigenvalue weighted by Gasteiger charge is -2.07. The summed E-state index contributed by atoms with van der Waals surface area (Å²) < 4.78 is 2.11. The number of benzene rings is 3. The summed E-state index contributed by atoms with van der Waals surface area (Å²) in [6.07, 6.45) is 3.55. The molecule has 3 aromatic carbocycles. The molecule has 0 aliphatic rings. The molecule has 152 valence electrons. The van der Waals surface area contributed by atoms with Gasteiger partial charge in [0.1, 0.15) is 11.6 Å². The van der Waals surface area contributed by atoms with Gasteiger partial charge in [-0.3, -0.25) is 4.79 Å². The average Bonchev–Trinajstić information content (AvgIpc) is 3.12. The van der Waals surface area contributed by atoms with Gasteiger partial charge in [0.25, 0.3) is 5.91 Å². The Balaban J connectivity index is 1.69.